The summed E-state index contributed by atoms with van der Waals surface area (Å²) >= 11 is 4.86. The zero-order valence-corrected chi connectivity index (χ0v) is 6.58. The van der Waals surface area contributed by atoms with Gasteiger partial charge >= 0.3 is 0 Å². The predicted octanol–water partition coefficient (Wildman–Crippen LogP) is 1.02. The Labute approximate surface area is 71.2 Å². The van der Waals surface area contributed by atoms with Crippen molar-refractivity contribution in [2.45, 2.75) is 0 Å². The topological polar surface area (TPSA) is 75.9 Å². The van der Waals surface area contributed by atoms with E-state index in [1.54, 1.807) is 0 Å². The maximum Gasteiger partial charge on any atom is 0.166 e. The van der Waals surface area contributed by atoms with Gasteiger partial charge in [-0.1, -0.05) is 12.2 Å². The molecule has 2 aromatic rings. The molecular formula is C5H3N5OS. The third-order valence-corrected chi connectivity index (χ3v) is 1.72. The highest BCUT2D eigenvalue weighted by molar-refractivity contribution is 7.71. The predicted molar refractivity (Wildman–Crippen MR) is 43.9 cm³/mol. The van der Waals surface area contributed by atoms with Crippen LogP contribution in [0.1, 0.15) is 0 Å². The van der Waals surface area contributed by atoms with Crippen molar-refractivity contribution < 1.29 is 0 Å². The van der Waals surface area contributed by atoms with Crippen molar-refractivity contribution in [3.8, 4) is 0 Å². The third kappa shape index (κ3) is 0.832. The van der Waals surface area contributed by atoms with E-state index in [1.165, 1.54) is 12.7 Å². The number of nitrogens with zero attached hydrogens (tertiary/aromatic N) is 4. The number of hydrogen-bond donors (Lipinski definition) is 1. The smallest absolute Gasteiger partial charge is 0.166 e. The fourth-order valence-corrected chi connectivity index (χ4v) is 1.11. The highest BCUT2D eigenvalue weighted by atomic mass is 32.1. The Morgan fingerprint density at radius 3 is 3.17 bits per heavy atom. The molecule has 2 rings (SSSR count). The van der Waals surface area contributed by atoms with Crippen molar-refractivity contribution in [3.63, 3.8) is 0 Å². The summed E-state index contributed by atoms with van der Waals surface area (Å²) in [5.74, 6) is 0. The molecule has 0 amide bonds. The van der Waals surface area contributed by atoms with Crippen molar-refractivity contribution in [1.29, 1.82) is 0 Å². The Morgan fingerprint density at radius 1 is 1.58 bits per heavy atom. The number of nitrogens with one attached hydrogen (secondary N) is 1. The molecule has 0 spiro atoms. The van der Waals surface area contributed by atoms with E-state index >= 15 is 0 Å². The van der Waals surface area contributed by atoms with Gasteiger partial charge in [0.15, 0.2) is 10.3 Å². The summed E-state index contributed by atoms with van der Waals surface area (Å²) in [6.45, 7) is 0. The highest BCUT2D eigenvalue weighted by Gasteiger charge is 2.03. The van der Waals surface area contributed by atoms with Gasteiger partial charge in [-0.3, -0.25) is 0 Å². The van der Waals surface area contributed by atoms with E-state index in [2.05, 4.69) is 20.2 Å². The summed E-state index contributed by atoms with van der Waals surface area (Å²) in [5, 5.41) is 2.70. The number of rotatable bonds is 1. The first-order chi connectivity index (χ1) is 5.83. The molecule has 0 aromatic carbocycles. The van der Waals surface area contributed by atoms with E-state index in [0.29, 0.717) is 15.8 Å². The van der Waals surface area contributed by atoms with Crippen molar-refractivity contribution in [3.05, 3.63) is 22.2 Å². The minimum atomic E-state index is 0.353. The SMILES string of the molecule is O=Nn1cnc2c(=S)nc[nH]c21. The normalized spacial score (nSPS) is 10.3. The Hall–Kier alpha value is -1.63. The van der Waals surface area contributed by atoms with Gasteiger partial charge < -0.3 is 4.98 Å². The lowest BCUT2D eigenvalue weighted by atomic mass is 10.6. The molecule has 1 N–H and O–H groups in total. The molecule has 0 aliphatic heterocycles. The standard InChI is InChI=1S/C5H3N5OS/c11-9-10-2-8-3-4(10)6-1-7-5(3)12/h1-2H,(H,6,7,12). The van der Waals surface area contributed by atoms with E-state index in [4.69, 9.17) is 12.2 Å². The van der Waals surface area contributed by atoms with Crippen LogP contribution in [0.2, 0.25) is 0 Å². The fourth-order valence-electron chi connectivity index (χ4n) is 0.906. The van der Waals surface area contributed by atoms with Crippen LogP contribution in [-0.2, 0) is 0 Å². The number of aromatic amines is 1. The number of fused-ring (bicyclic) bond motifs is 1. The second-order valence-electron chi connectivity index (χ2n) is 2.08. The zero-order valence-electron chi connectivity index (χ0n) is 5.76. The maximum atomic E-state index is 10.2. The van der Waals surface area contributed by atoms with Crippen LogP contribution in [0.3, 0.4) is 0 Å². The van der Waals surface area contributed by atoms with Crippen LogP contribution in [0.4, 0.5) is 0 Å². The van der Waals surface area contributed by atoms with Crippen LogP contribution in [0.25, 0.3) is 11.2 Å². The summed E-state index contributed by atoms with van der Waals surface area (Å²) < 4.78 is 1.42. The quantitative estimate of drug-likeness (QED) is 0.526. The average Bonchev–Trinajstić information content (AvgIpc) is 2.49. The van der Waals surface area contributed by atoms with Gasteiger partial charge in [-0.15, -0.1) is 4.91 Å². The summed E-state index contributed by atoms with van der Waals surface area (Å²) in [6, 6.07) is 0. The number of aromatic nitrogens is 4. The van der Waals surface area contributed by atoms with Crippen LogP contribution >= 0.6 is 12.2 Å². The number of nitroso groups, excluding NO2 is 1. The fraction of sp³-hybridized carbons (Fsp3) is 0. The Balaban J connectivity index is 2.98. The first-order valence-electron chi connectivity index (χ1n) is 3.07. The van der Waals surface area contributed by atoms with Crippen LogP contribution in [0, 0.1) is 9.55 Å². The second kappa shape index (κ2) is 2.45. The Morgan fingerprint density at radius 2 is 2.42 bits per heavy atom. The number of hydrogen-bond acceptors (Lipinski definition) is 5. The molecule has 0 bridgehead atoms. The van der Waals surface area contributed by atoms with Gasteiger partial charge in [0.1, 0.15) is 11.8 Å². The molecule has 0 saturated heterocycles. The molecule has 2 heterocycles. The first-order valence-corrected chi connectivity index (χ1v) is 3.48. The van der Waals surface area contributed by atoms with Gasteiger partial charge in [0.05, 0.1) is 11.6 Å². The maximum absolute atomic E-state index is 10.2. The lowest BCUT2D eigenvalue weighted by Crippen LogP contribution is -1.87. The van der Waals surface area contributed by atoms with Crippen molar-refractivity contribution >= 4 is 23.4 Å². The van der Waals surface area contributed by atoms with Crippen molar-refractivity contribution in [2.24, 2.45) is 5.29 Å². The van der Waals surface area contributed by atoms with Gasteiger partial charge in [0.2, 0.25) is 0 Å². The van der Waals surface area contributed by atoms with Crippen molar-refractivity contribution in [2.75, 3.05) is 0 Å². The van der Waals surface area contributed by atoms with Crippen LogP contribution in [0.15, 0.2) is 17.9 Å². The molecule has 0 atom stereocenters. The second-order valence-corrected chi connectivity index (χ2v) is 2.46. The van der Waals surface area contributed by atoms with E-state index in [9.17, 15) is 4.91 Å². The molecular weight excluding hydrogens is 178 g/mol. The molecule has 6 nitrogen and oxygen atoms in total. The summed E-state index contributed by atoms with van der Waals surface area (Å²) in [7, 11) is 0. The summed E-state index contributed by atoms with van der Waals surface area (Å²) in [6.07, 6.45) is 2.68. The average molecular weight is 181 g/mol. The molecule has 0 aliphatic carbocycles. The minimum Gasteiger partial charge on any atom is -0.329 e. The van der Waals surface area contributed by atoms with E-state index in [0.717, 1.165) is 4.68 Å². The molecule has 60 valence electrons. The lowest BCUT2D eigenvalue weighted by Gasteiger charge is -1.88. The molecule has 12 heavy (non-hydrogen) atoms. The first kappa shape index (κ1) is 7.04. The van der Waals surface area contributed by atoms with E-state index in [-0.39, 0.29) is 0 Å². The molecule has 7 heteroatoms. The third-order valence-electron chi connectivity index (χ3n) is 1.42. The summed E-state index contributed by atoms with van der Waals surface area (Å²) in [4.78, 5) is 20.6. The number of imidazole rings is 1. The monoisotopic (exact) mass is 181 g/mol. The van der Waals surface area contributed by atoms with Crippen LogP contribution in [-0.4, -0.2) is 19.6 Å². The molecule has 2 aromatic heterocycles. The molecule has 0 fully saturated rings. The molecule has 0 unspecified atom stereocenters. The van der Waals surface area contributed by atoms with Gasteiger partial charge in [-0.05, 0) is 0 Å². The van der Waals surface area contributed by atoms with Gasteiger partial charge in [-0.2, -0.15) is 4.68 Å². The largest absolute Gasteiger partial charge is 0.329 e. The Kier molecular flexibility index (Phi) is 1.44. The zero-order chi connectivity index (χ0) is 8.55. The lowest BCUT2D eigenvalue weighted by molar-refractivity contribution is 0.880. The molecule has 0 radical (unpaired) electrons. The molecule has 0 aliphatic rings. The number of H-pyrrole nitrogens is 1. The minimum absolute atomic E-state index is 0.353. The molecule has 0 saturated carbocycles. The van der Waals surface area contributed by atoms with E-state index in [1.807, 2.05) is 0 Å². The van der Waals surface area contributed by atoms with Crippen LogP contribution in [0.5, 0.6) is 0 Å². The van der Waals surface area contributed by atoms with Gasteiger partial charge in [0.25, 0.3) is 0 Å². The van der Waals surface area contributed by atoms with E-state index < -0.39 is 0 Å². The van der Waals surface area contributed by atoms with Gasteiger partial charge in [-0.25, -0.2) is 9.97 Å². The summed E-state index contributed by atoms with van der Waals surface area (Å²) in [5.41, 5.74) is 0.942. The highest BCUT2D eigenvalue weighted by Crippen LogP contribution is 2.08. The van der Waals surface area contributed by atoms with Crippen LogP contribution < -0.4 is 0 Å². The van der Waals surface area contributed by atoms with Gasteiger partial charge in [0, 0.05) is 0 Å². The van der Waals surface area contributed by atoms with Crippen molar-refractivity contribution in [1.82, 2.24) is 19.6 Å². The Bertz CT molecular complexity index is 486.